The summed E-state index contributed by atoms with van der Waals surface area (Å²) in [6.45, 7) is 11.2. The molecule has 0 aromatic heterocycles. The summed E-state index contributed by atoms with van der Waals surface area (Å²) in [5.74, 6) is 0. The quantitative estimate of drug-likeness (QED) is 0.149. The first-order chi connectivity index (χ1) is 48.0. The Balaban J connectivity index is 0.000000112. The zero-order chi connectivity index (χ0) is 66.1. The van der Waals surface area contributed by atoms with Crippen molar-refractivity contribution in [2.75, 3.05) is 0 Å². The van der Waals surface area contributed by atoms with Crippen LogP contribution < -0.4 is 0 Å². The van der Waals surface area contributed by atoms with E-state index >= 15 is 0 Å². The summed E-state index contributed by atoms with van der Waals surface area (Å²) >= 11 is 0. The zero-order valence-corrected chi connectivity index (χ0v) is 56.1. The summed E-state index contributed by atoms with van der Waals surface area (Å²) < 4.78 is 0. The van der Waals surface area contributed by atoms with E-state index in [1.54, 1.807) is 0 Å². The van der Waals surface area contributed by atoms with Crippen LogP contribution in [0.15, 0.2) is 358 Å². The summed E-state index contributed by atoms with van der Waals surface area (Å²) in [5, 5.41) is 7.74. The average molecular weight is 1250 g/mol. The van der Waals surface area contributed by atoms with Gasteiger partial charge >= 0.3 is 0 Å². The van der Waals surface area contributed by atoms with Crippen molar-refractivity contribution < 1.29 is 0 Å². The number of benzene rings is 16. The maximum absolute atomic E-state index is 2.45. The van der Waals surface area contributed by atoms with Gasteiger partial charge in [-0.15, -0.1) is 0 Å². The fraction of sp³-hybridized carbons (Fsp3) is 0.0816. The first-order valence-electron chi connectivity index (χ1n) is 34.5. The van der Waals surface area contributed by atoms with Crippen molar-refractivity contribution in [2.24, 2.45) is 0 Å². The van der Waals surface area contributed by atoms with Gasteiger partial charge in [-0.1, -0.05) is 346 Å². The van der Waals surface area contributed by atoms with Gasteiger partial charge in [0, 0.05) is 5.41 Å². The van der Waals surface area contributed by atoms with E-state index in [-0.39, 0.29) is 16.2 Å². The van der Waals surface area contributed by atoms with Crippen LogP contribution in [0.3, 0.4) is 0 Å². The maximum atomic E-state index is 2.45. The van der Waals surface area contributed by atoms with Crippen LogP contribution in [-0.4, -0.2) is 0 Å². The smallest absolute Gasteiger partial charge is 0.0622 e. The minimum Gasteiger partial charge on any atom is -0.0622 e. The second-order valence-corrected chi connectivity index (χ2v) is 27.7. The lowest BCUT2D eigenvalue weighted by Crippen LogP contribution is -2.28. The summed E-state index contributed by atoms with van der Waals surface area (Å²) in [4.78, 5) is 0. The molecule has 16 aromatic rings. The Hall–Kier alpha value is -11.7. The zero-order valence-electron chi connectivity index (χ0n) is 56.1. The highest BCUT2D eigenvalue weighted by Crippen LogP contribution is 2.59. The Morgan fingerprint density at radius 2 is 0.500 bits per heavy atom. The molecule has 98 heavy (non-hydrogen) atoms. The van der Waals surface area contributed by atoms with Gasteiger partial charge in [0.1, 0.15) is 0 Å². The van der Waals surface area contributed by atoms with Gasteiger partial charge in [0.15, 0.2) is 0 Å². The van der Waals surface area contributed by atoms with Crippen LogP contribution in [0.4, 0.5) is 0 Å². The molecule has 19 rings (SSSR count). The molecular formula is C98H74. The molecule has 0 unspecified atom stereocenters. The monoisotopic (exact) mass is 1250 g/mol. The van der Waals surface area contributed by atoms with Crippen molar-refractivity contribution in [3.05, 3.63) is 430 Å². The van der Waals surface area contributed by atoms with Crippen LogP contribution in [0.25, 0.3) is 99.1 Å². The van der Waals surface area contributed by atoms with Crippen LogP contribution in [0.1, 0.15) is 86.2 Å². The van der Waals surface area contributed by atoms with E-state index in [0.29, 0.717) is 0 Å². The van der Waals surface area contributed by atoms with Crippen LogP contribution >= 0.6 is 0 Å². The Kier molecular flexibility index (Phi) is 14.8. The molecule has 0 aliphatic heterocycles. The highest BCUT2D eigenvalue weighted by atomic mass is 14.5. The normalized spacial score (nSPS) is 13.6. The van der Waals surface area contributed by atoms with Gasteiger partial charge in [-0.25, -0.2) is 0 Å². The first kappa shape index (κ1) is 60.0. The van der Waals surface area contributed by atoms with Crippen molar-refractivity contribution in [2.45, 2.75) is 50.9 Å². The molecule has 0 atom stereocenters. The third kappa shape index (κ3) is 9.88. The van der Waals surface area contributed by atoms with Crippen LogP contribution in [0.5, 0.6) is 0 Å². The Morgan fingerprint density at radius 3 is 0.959 bits per heavy atom. The highest BCUT2D eigenvalue weighted by molar-refractivity contribution is 5.95. The Morgan fingerprint density at radius 1 is 0.184 bits per heavy atom. The molecule has 3 aliphatic carbocycles. The van der Waals surface area contributed by atoms with E-state index in [2.05, 4.69) is 393 Å². The van der Waals surface area contributed by atoms with Gasteiger partial charge in [-0.05, 0) is 217 Å². The van der Waals surface area contributed by atoms with Crippen molar-refractivity contribution in [1.82, 2.24) is 0 Å². The van der Waals surface area contributed by atoms with E-state index in [9.17, 15) is 0 Å². The largest absolute Gasteiger partial charge is 0.0713 e. The maximum Gasteiger partial charge on any atom is 0.0713 e. The predicted octanol–water partition coefficient (Wildman–Crippen LogP) is 25.5. The number of hydrogen-bond donors (Lipinski definition) is 0. The van der Waals surface area contributed by atoms with Gasteiger partial charge < -0.3 is 0 Å². The molecule has 466 valence electrons. The second kappa shape index (κ2) is 24.2. The van der Waals surface area contributed by atoms with Crippen LogP contribution in [0, 0.1) is 20.8 Å². The van der Waals surface area contributed by atoms with E-state index in [0.717, 1.165) is 0 Å². The summed E-state index contributed by atoms with van der Waals surface area (Å²) in [6.07, 6.45) is 0. The molecule has 0 heteroatoms. The number of hydrogen-bond acceptors (Lipinski definition) is 0. The lowest BCUT2D eigenvalue weighted by Gasteiger charge is -2.34. The van der Waals surface area contributed by atoms with Crippen molar-refractivity contribution >= 4 is 32.3 Å². The Bertz CT molecular complexity index is 5650. The molecule has 0 bridgehead atoms. The highest BCUT2D eigenvalue weighted by Gasteiger charge is 2.48. The van der Waals surface area contributed by atoms with Crippen molar-refractivity contribution in [3.8, 4) is 66.8 Å². The first-order valence-corrected chi connectivity index (χ1v) is 34.5. The van der Waals surface area contributed by atoms with Gasteiger partial charge in [0.25, 0.3) is 0 Å². The van der Waals surface area contributed by atoms with Crippen LogP contribution in [0.2, 0.25) is 0 Å². The second-order valence-electron chi connectivity index (χ2n) is 27.7. The predicted molar refractivity (Wildman–Crippen MR) is 415 cm³/mol. The molecule has 0 radical (unpaired) electrons. The summed E-state index contributed by atoms with van der Waals surface area (Å²) in [6, 6.07) is 132. The molecule has 3 aliphatic rings. The standard InChI is InChI=1S/2C36H26.C26H22/c1-25-22-26-12-8-9-13-27(26)23-33(25)28-20-21-32-31-18-10-11-19-34(31)36(35(32)24-28,29-14-4-2-5-15-29)30-16-6-3-7-17-30;1-25-16-17-26-18-19-27(23-29(26)22-25)28-20-21-33-32-14-8-9-15-34(32)36(35(33)24-28,30-10-4-2-5-11-30)31-12-6-3-7-13-31;1-17-8-9-18-10-11-19(15-21(18)14-17)20-12-13-23-22-6-4-5-7-24(22)26(2,3)25(23)16-20/h2*2-24H,1H3;4-16H,1-3H3. The minimum atomic E-state index is -0.366. The van der Waals surface area contributed by atoms with Gasteiger partial charge in [-0.2, -0.15) is 0 Å². The molecule has 16 aromatic carbocycles. The molecule has 0 heterocycles. The number of fused-ring (bicyclic) bond motifs is 12. The fourth-order valence-electron chi connectivity index (χ4n) is 16.9. The molecule has 0 saturated carbocycles. The van der Waals surface area contributed by atoms with E-state index in [1.807, 2.05) is 0 Å². The lowest BCUT2D eigenvalue weighted by molar-refractivity contribution is 0.660. The topological polar surface area (TPSA) is 0 Å². The van der Waals surface area contributed by atoms with E-state index < -0.39 is 0 Å². The third-order valence-corrected chi connectivity index (χ3v) is 21.6. The van der Waals surface area contributed by atoms with Crippen molar-refractivity contribution in [3.63, 3.8) is 0 Å². The summed E-state index contributed by atoms with van der Waals surface area (Å²) in [5.41, 5.74) is 32.4. The molecule has 0 spiro atoms. The number of rotatable bonds is 7. The lowest BCUT2D eigenvalue weighted by atomic mass is 9.67. The van der Waals surface area contributed by atoms with Gasteiger partial charge in [-0.3, -0.25) is 0 Å². The molecule has 0 fully saturated rings. The molecule has 0 amide bonds. The molecule has 0 nitrogen and oxygen atoms in total. The summed E-state index contributed by atoms with van der Waals surface area (Å²) in [7, 11) is 0. The van der Waals surface area contributed by atoms with Crippen LogP contribution in [-0.2, 0) is 16.2 Å². The van der Waals surface area contributed by atoms with Gasteiger partial charge in [0.05, 0.1) is 10.8 Å². The average Bonchev–Trinajstić information content (AvgIpc) is 1.54. The Labute approximate surface area is 576 Å². The van der Waals surface area contributed by atoms with Gasteiger partial charge in [0.2, 0.25) is 0 Å². The SMILES string of the molecule is Cc1cc2ccccc2cc1-c1ccc2c(c1)C(c1ccccc1)(c1ccccc1)c1ccccc1-2.Cc1ccc2ccc(-c3ccc4c(c3)C(C)(C)c3ccccc3-4)cc2c1.Cc1ccc2ccc(-c3ccc4c(c3)C(c3ccccc3)(c3ccccc3)c3ccccc3-4)cc2c1. The van der Waals surface area contributed by atoms with E-state index in [1.165, 1.54) is 171 Å². The fourth-order valence-corrected chi connectivity index (χ4v) is 16.9. The molecule has 0 saturated heterocycles. The van der Waals surface area contributed by atoms with E-state index in [4.69, 9.17) is 0 Å². The minimum absolute atomic E-state index is 0.0510. The molecule has 0 N–H and O–H groups in total. The molecular weight excluding hydrogens is 1180 g/mol. The van der Waals surface area contributed by atoms with Crippen molar-refractivity contribution in [1.29, 1.82) is 0 Å². The third-order valence-electron chi connectivity index (χ3n) is 21.6. The number of aryl methyl sites for hydroxylation is 3.